The number of halogens is 1. The summed E-state index contributed by atoms with van der Waals surface area (Å²) in [7, 11) is -3.83. The van der Waals surface area contributed by atoms with Crippen LogP contribution >= 0.6 is 11.6 Å². The third-order valence-electron chi connectivity index (χ3n) is 3.40. The van der Waals surface area contributed by atoms with E-state index in [0.29, 0.717) is 0 Å². The Morgan fingerprint density at radius 3 is 2.65 bits per heavy atom. The number of nitrogens with two attached hydrogens (primary N) is 1. The van der Waals surface area contributed by atoms with Gasteiger partial charge in [-0.15, -0.1) is 0 Å². The molecule has 110 valence electrons. The van der Waals surface area contributed by atoms with E-state index in [9.17, 15) is 13.2 Å². The number of sulfonamides is 1. The molecule has 0 aliphatic carbocycles. The van der Waals surface area contributed by atoms with Gasteiger partial charge >= 0.3 is 5.97 Å². The van der Waals surface area contributed by atoms with Gasteiger partial charge in [0.05, 0.1) is 5.02 Å². The quantitative estimate of drug-likeness (QED) is 0.859. The SMILES string of the molecule is Cc1ccc(S(=O)(=O)N2CCC(N)(C(=O)O)C2)c(Cl)c1. The van der Waals surface area contributed by atoms with Gasteiger partial charge in [0, 0.05) is 13.1 Å². The summed E-state index contributed by atoms with van der Waals surface area (Å²) in [4.78, 5) is 11.0. The number of carboxylic acids is 1. The fourth-order valence-electron chi connectivity index (χ4n) is 2.13. The number of hydrogen-bond donors (Lipinski definition) is 2. The summed E-state index contributed by atoms with van der Waals surface area (Å²) in [6.45, 7) is 1.61. The van der Waals surface area contributed by atoms with Gasteiger partial charge < -0.3 is 10.8 Å². The fraction of sp³-hybridized carbons (Fsp3) is 0.417. The van der Waals surface area contributed by atoms with Crippen LogP contribution in [0.1, 0.15) is 12.0 Å². The number of benzene rings is 1. The third-order valence-corrected chi connectivity index (χ3v) is 5.73. The normalized spacial score (nSPS) is 23.9. The highest BCUT2D eigenvalue weighted by atomic mass is 35.5. The van der Waals surface area contributed by atoms with E-state index < -0.39 is 21.5 Å². The molecule has 0 radical (unpaired) electrons. The van der Waals surface area contributed by atoms with Crippen LogP contribution in [-0.4, -0.2) is 42.4 Å². The summed E-state index contributed by atoms with van der Waals surface area (Å²) < 4.78 is 26.0. The Bertz CT molecular complexity index is 661. The van der Waals surface area contributed by atoms with E-state index in [0.717, 1.165) is 9.87 Å². The summed E-state index contributed by atoms with van der Waals surface area (Å²) in [5.41, 5.74) is 4.99. The van der Waals surface area contributed by atoms with Crippen molar-refractivity contribution in [2.24, 2.45) is 5.73 Å². The molecule has 0 saturated carbocycles. The lowest BCUT2D eigenvalue weighted by molar-refractivity contribution is -0.142. The topological polar surface area (TPSA) is 101 Å². The summed E-state index contributed by atoms with van der Waals surface area (Å²) in [6.07, 6.45) is 0.0744. The Hall–Kier alpha value is -1.15. The Morgan fingerprint density at radius 2 is 2.15 bits per heavy atom. The summed E-state index contributed by atoms with van der Waals surface area (Å²) in [6, 6.07) is 4.61. The van der Waals surface area contributed by atoms with Gasteiger partial charge in [0.25, 0.3) is 0 Å². The van der Waals surface area contributed by atoms with Crippen molar-refractivity contribution in [1.82, 2.24) is 4.31 Å². The van der Waals surface area contributed by atoms with E-state index in [-0.39, 0.29) is 29.4 Å². The summed E-state index contributed by atoms with van der Waals surface area (Å²) >= 11 is 5.97. The molecule has 1 unspecified atom stereocenters. The third kappa shape index (κ3) is 2.54. The highest BCUT2D eigenvalue weighted by Crippen LogP contribution is 2.30. The first kappa shape index (κ1) is 15.2. The molecule has 2 rings (SSSR count). The molecular formula is C12H15ClN2O4S. The highest BCUT2D eigenvalue weighted by Gasteiger charge is 2.45. The maximum atomic E-state index is 12.5. The number of carbonyl (C=O) groups is 1. The van der Waals surface area contributed by atoms with E-state index in [4.69, 9.17) is 22.4 Å². The smallest absolute Gasteiger partial charge is 0.325 e. The Kier molecular flexibility index (Phi) is 3.81. The molecule has 1 aromatic carbocycles. The Morgan fingerprint density at radius 1 is 1.50 bits per heavy atom. The van der Waals surface area contributed by atoms with Crippen molar-refractivity contribution >= 4 is 27.6 Å². The van der Waals surface area contributed by atoms with Crippen LogP contribution in [0.5, 0.6) is 0 Å². The fourth-order valence-corrected chi connectivity index (χ4v) is 4.21. The lowest BCUT2D eigenvalue weighted by atomic mass is 10.0. The minimum absolute atomic E-state index is 0.0283. The molecule has 8 heteroatoms. The van der Waals surface area contributed by atoms with Gasteiger partial charge in [-0.05, 0) is 31.0 Å². The maximum absolute atomic E-state index is 12.5. The van der Waals surface area contributed by atoms with E-state index in [2.05, 4.69) is 0 Å². The van der Waals surface area contributed by atoms with Crippen molar-refractivity contribution in [3.8, 4) is 0 Å². The van der Waals surface area contributed by atoms with Crippen LogP contribution in [0.2, 0.25) is 5.02 Å². The molecule has 1 aliphatic rings. The standard InChI is InChI=1S/C12H15ClN2O4S/c1-8-2-3-10(9(13)6-8)20(18,19)15-5-4-12(14,7-15)11(16)17/h2-3,6H,4-5,7,14H2,1H3,(H,16,17). The maximum Gasteiger partial charge on any atom is 0.325 e. The van der Waals surface area contributed by atoms with Crippen molar-refractivity contribution < 1.29 is 18.3 Å². The average Bonchev–Trinajstić information content (AvgIpc) is 2.73. The van der Waals surface area contributed by atoms with Gasteiger partial charge in [0.1, 0.15) is 10.4 Å². The lowest BCUT2D eigenvalue weighted by Gasteiger charge is -2.20. The highest BCUT2D eigenvalue weighted by molar-refractivity contribution is 7.89. The van der Waals surface area contributed by atoms with Crippen LogP contribution in [0.15, 0.2) is 23.1 Å². The largest absolute Gasteiger partial charge is 0.480 e. The molecule has 1 atom stereocenters. The molecule has 0 amide bonds. The number of aliphatic carboxylic acids is 1. The molecule has 0 aromatic heterocycles. The number of aryl methyl sites for hydroxylation is 1. The van der Waals surface area contributed by atoms with Crippen LogP contribution < -0.4 is 5.73 Å². The lowest BCUT2D eigenvalue weighted by Crippen LogP contribution is -2.50. The number of carboxylic acid groups (broad SMARTS) is 1. The first-order valence-corrected chi connectivity index (χ1v) is 7.77. The molecule has 1 heterocycles. The zero-order chi connectivity index (χ0) is 15.1. The predicted molar refractivity (Wildman–Crippen MR) is 74.1 cm³/mol. The number of nitrogens with zero attached hydrogens (tertiary/aromatic N) is 1. The second kappa shape index (κ2) is 5.00. The Balaban J connectivity index is 2.35. The van der Waals surface area contributed by atoms with Gasteiger partial charge in [0.15, 0.2) is 0 Å². The minimum atomic E-state index is -3.83. The Labute approximate surface area is 122 Å². The zero-order valence-corrected chi connectivity index (χ0v) is 12.4. The number of rotatable bonds is 3. The van der Waals surface area contributed by atoms with Crippen LogP contribution in [0, 0.1) is 6.92 Å². The second-order valence-corrected chi connectivity index (χ2v) is 7.30. The first-order valence-electron chi connectivity index (χ1n) is 5.95. The van der Waals surface area contributed by atoms with Crippen LogP contribution in [-0.2, 0) is 14.8 Å². The molecule has 1 aliphatic heterocycles. The molecule has 1 saturated heterocycles. The van der Waals surface area contributed by atoms with Crippen molar-refractivity contribution in [3.05, 3.63) is 28.8 Å². The van der Waals surface area contributed by atoms with E-state index in [1.54, 1.807) is 19.1 Å². The number of hydrogen-bond acceptors (Lipinski definition) is 4. The predicted octanol–water partition coefficient (Wildman–Crippen LogP) is 0.825. The average molecular weight is 319 g/mol. The monoisotopic (exact) mass is 318 g/mol. The van der Waals surface area contributed by atoms with Gasteiger partial charge in [-0.2, -0.15) is 4.31 Å². The molecule has 1 aromatic rings. The molecule has 3 N–H and O–H groups in total. The van der Waals surface area contributed by atoms with Crippen molar-refractivity contribution in [3.63, 3.8) is 0 Å². The minimum Gasteiger partial charge on any atom is -0.480 e. The van der Waals surface area contributed by atoms with Crippen LogP contribution in [0.4, 0.5) is 0 Å². The van der Waals surface area contributed by atoms with Crippen molar-refractivity contribution in [2.75, 3.05) is 13.1 Å². The van der Waals surface area contributed by atoms with Gasteiger partial charge in [0.2, 0.25) is 10.0 Å². The zero-order valence-electron chi connectivity index (χ0n) is 10.8. The van der Waals surface area contributed by atoms with E-state index in [1.807, 2.05) is 0 Å². The van der Waals surface area contributed by atoms with E-state index >= 15 is 0 Å². The van der Waals surface area contributed by atoms with Gasteiger partial charge in [-0.3, -0.25) is 4.79 Å². The van der Waals surface area contributed by atoms with Gasteiger partial charge in [-0.25, -0.2) is 8.42 Å². The second-order valence-electron chi connectivity index (χ2n) is 4.98. The molecule has 0 bridgehead atoms. The van der Waals surface area contributed by atoms with Crippen LogP contribution in [0.3, 0.4) is 0 Å². The van der Waals surface area contributed by atoms with Crippen molar-refractivity contribution in [1.29, 1.82) is 0 Å². The molecule has 0 spiro atoms. The molecule has 1 fully saturated rings. The van der Waals surface area contributed by atoms with E-state index in [1.165, 1.54) is 6.07 Å². The first-order chi connectivity index (χ1) is 9.17. The molecule has 20 heavy (non-hydrogen) atoms. The molecular weight excluding hydrogens is 304 g/mol. The van der Waals surface area contributed by atoms with Gasteiger partial charge in [-0.1, -0.05) is 17.7 Å². The summed E-state index contributed by atoms with van der Waals surface area (Å²) in [5.74, 6) is -1.20. The summed E-state index contributed by atoms with van der Waals surface area (Å²) in [5, 5.41) is 9.17. The molecule has 6 nitrogen and oxygen atoms in total. The van der Waals surface area contributed by atoms with Crippen LogP contribution in [0.25, 0.3) is 0 Å². The van der Waals surface area contributed by atoms with Crippen molar-refractivity contribution in [2.45, 2.75) is 23.8 Å².